The zero-order valence-corrected chi connectivity index (χ0v) is 9.94. The SMILES string of the molecule is CN(C)c1ccc(C=NNC(N)=O)c(F)c1C#N. The lowest BCUT2D eigenvalue weighted by Crippen LogP contribution is -2.24. The minimum absolute atomic E-state index is 0.0805. The van der Waals surface area contributed by atoms with Crippen LogP contribution in [0.5, 0.6) is 0 Å². The number of carbonyl (C=O) groups is 1. The highest BCUT2D eigenvalue weighted by Gasteiger charge is 2.13. The first-order chi connectivity index (χ1) is 8.47. The maximum Gasteiger partial charge on any atom is 0.332 e. The van der Waals surface area contributed by atoms with Gasteiger partial charge in [0.1, 0.15) is 11.6 Å². The Hall–Kier alpha value is -2.62. The molecule has 0 aliphatic carbocycles. The van der Waals surface area contributed by atoms with Crippen LogP contribution in [0.15, 0.2) is 17.2 Å². The number of primary amides is 1. The lowest BCUT2D eigenvalue weighted by atomic mass is 10.1. The van der Waals surface area contributed by atoms with Gasteiger partial charge in [-0.1, -0.05) is 0 Å². The van der Waals surface area contributed by atoms with Crippen LogP contribution in [-0.4, -0.2) is 26.3 Å². The van der Waals surface area contributed by atoms with Gasteiger partial charge in [0, 0.05) is 19.7 Å². The predicted molar refractivity (Wildman–Crippen MR) is 65.8 cm³/mol. The number of nitrogens with zero attached hydrogens (tertiary/aromatic N) is 3. The van der Waals surface area contributed by atoms with Crippen LogP contribution in [0.2, 0.25) is 0 Å². The Labute approximate surface area is 103 Å². The molecule has 1 aromatic carbocycles. The van der Waals surface area contributed by atoms with E-state index in [0.717, 1.165) is 6.21 Å². The summed E-state index contributed by atoms with van der Waals surface area (Å²) in [5.41, 5.74) is 7.22. The number of hydrazone groups is 1. The average molecular weight is 249 g/mol. The number of anilines is 1. The van der Waals surface area contributed by atoms with E-state index in [1.807, 2.05) is 5.43 Å². The molecule has 0 aromatic heterocycles. The Morgan fingerprint density at radius 2 is 2.28 bits per heavy atom. The van der Waals surface area contributed by atoms with Crippen molar-refractivity contribution in [2.75, 3.05) is 19.0 Å². The standard InChI is InChI=1S/C11H12FN5O/c1-17(2)9-4-3-7(6-15-16-11(14)18)10(12)8(9)5-13/h3-4,6H,1-2H3,(H3,14,16,18). The van der Waals surface area contributed by atoms with Crippen molar-refractivity contribution in [1.29, 1.82) is 5.26 Å². The predicted octanol–water partition coefficient (Wildman–Crippen LogP) is 0.766. The number of halogens is 1. The van der Waals surface area contributed by atoms with Crippen LogP contribution >= 0.6 is 0 Å². The number of carbonyl (C=O) groups excluding carboxylic acids is 1. The molecule has 2 amide bonds. The van der Waals surface area contributed by atoms with Gasteiger partial charge in [0.05, 0.1) is 11.9 Å². The largest absolute Gasteiger partial charge is 0.377 e. The molecule has 0 fully saturated rings. The van der Waals surface area contributed by atoms with Crippen molar-refractivity contribution in [3.05, 3.63) is 29.1 Å². The second kappa shape index (κ2) is 5.63. The van der Waals surface area contributed by atoms with Gasteiger partial charge in [-0.2, -0.15) is 10.4 Å². The Morgan fingerprint density at radius 1 is 1.61 bits per heavy atom. The lowest BCUT2D eigenvalue weighted by Gasteiger charge is -2.15. The first kappa shape index (κ1) is 13.4. The van der Waals surface area contributed by atoms with Crippen molar-refractivity contribution in [3.8, 4) is 6.07 Å². The summed E-state index contributed by atoms with van der Waals surface area (Å²) >= 11 is 0. The summed E-state index contributed by atoms with van der Waals surface area (Å²) in [6, 6.07) is 3.99. The highest BCUT2D eigenvalue weighted by Crippen LogP contribution is 2.22. The Bertz CT molecular complexity index is 533. The Kier molecular flexibility index (Phi) is 4.21. The molecule has 0 aliphatic rings. The molecular weight excluding hydrogens is 237 g/mol. The van der Waals surface area contributed by atoms with E-state index in [4.69, 9.17) is 11.0 Å². The molecule has 6 nitrogen and oxygen atoms in total. The summed E-state index contributed by atoms with van der Waals surface area (Å²) in [4.78, 5) is 12.0. The van der Waals surface area contributed by atoms with Crippen LogP contribution in [0.4, 0.5) is 14.9 Å². The molecule has 1 aromatic rings. The topological polar surface area (TPSA) is 94.5 Å². The molecule has 0 heterocycles. The van der Waals surface area contributed by atoms with Crippen molar-refractivity contribution in [1.82, 2.24) is 5.43 Å². The first-order valence-electron chi connectivity index (χ1n) is 4.95. The van der Waals surface area contributed by atoms with E-state index in [2.05, 4.69) is 5.10 Å². The molecule has 0 saturated heterocycles. The summed E-state index contributed by atoms with van der Waals surface area (Å²) in [5.74, 6) is -0.696. The van der Waals surface area contributed by atoms with Crippen molar-refractivity contribution >= 4 is 17.9 Å². The van der Waals surface area contributed by atoms with Crippen LogP contribution in [0, 0.1) is 17.1 Å². The number of nitrogens with one attached hydrogen (secondary N) is 1. The van der Waals surface area contributed by atoms with Gasteiger partial charge < -0.3 is 10.6 Å². The van der Waals surface area contributed by atoms with E-state index in [9.17, 15) is 9.18 Å². The second-order valence-corrected chi connectivity index (χ2v) is 3.60. The van der Waals surface area contributed by atoms with Gasteiger partial charge in [0.25, 0.3) is 0 Å². The lowest BCUT2D eigenvalue weighted by molar-refractivity contribution is 0.249. The smallest absolute Gasteiger partial charge is 0.332 e. The van der Waals surface area contributed by atoms with Gasteiger partial charge in [0.2, 0.25) is 0 Å². The number of benzene rings is 1. The minimum atomic E-state index is -0.850. The number of nitriles is 1. The van der Waals surface area contributed by atoms with Crippen LogP contribution in [-0.2, 0) is 0 Å². The highest BCUT2D eigenvalue weighted by atomic mass is 19.1. The fourth-order valence-corrected chi connectivity index (χ4v) is 1.33. The molecule has 0 radical (unpaired) electrons. The normalized spacial score (nSPS) is 10.1. The molecule has 7 heteroatoms. The average Bonchev–Trinajstić information content (AvgIpc) is 2.30. The summed E-state index contributed by atoms with van der Waals surface area (Å²) in [6.07, 6.45) is 1.08. The summed E-state index contributed by atoms with van der Waals surface area (Å²) in [6.45, 7) is 0. The van der Waals surface area contributed by atoms with Gasteiger partial charge in [-0.25, -0.2) is 14.6 Å². The van der Waals surface area contributed by atoms with Crippen LogP contribution < -0.4 is 16.1 Å². The molecule has 0 aliphatic heterocycles. The summed E-state index contributed by atoms with van der Waals surface area (Å²) < 4.78 is 13.9. The second-order valence-electron chi connectivity index (χ2n) is 3.60. The maximum absolute atomic E-state index is 13.9. The number of hydrogen-bond donors (Lipinski definition) is 2. The molecule has 18 heavy (non-hydrogen) atoms. The third-order valence-corrected chi connectivity index (χ3v) is 2.12. The number of urea groups is 1. The van der Waals surface area contributed by atoms with E-state index in [1.54, 1.807) is 31.1 Å². The molecule has 0 unspecified atom stereocenters. The molecule has 1 rings (SSSR count). The minimum Gasteiger partial charge on any atom is -0.377 e. The Balaban J connectivity index is 3.14. The monoisotopic (exact) mass is 249 g/mol. The number of rotatable bonds is 3. The van der Waals surface area contributed by atoms with E-state index in [-0.39, 0.29) is 11.1 Å². The van der Waals surface area contributed by atoms with Crippen molar-refractivity contribution in [2.45, 2.75) is 0 Å². The van der Waals surface area contributed by atoms with E-state index < -0.39 is 11.8 Å². The molecular formula is C11H12FN5O. The summed E-state index contributed by atoms with van der Waals surface area (Å²) in [7, 11) is 3.41. The maximum atomic E-state index is 13.9. The fourth-order valence-electron chi connectivity index (χ4n) is 1.33. The van der Waals surface area contributed by atoms with Gasteiger partial charge in [-0.15, -0.1) is 0 Å². The van der Waals surface area contributed by atoms with Crippen molar-refractivity contribution < 1.29 is 9.18 Å². The third kappa shape index (κ3) is 2.95. The van der Waals surface area contributed by atoms with Crippen molar-refractivity contribution in [3.63, 3.8) is 0 Å². The van der Waals surface area contributed by atoms with E-state index in [0.29, 0.717) is 5.69 Å². The van der Waals surface area contributed by atoms with Gasteiger partial charge >= 0.3 is 6.03 Å². The molecule has 0 atom stereocenters. The number of nitrogens with two attached hydrogens (primary N) is 1. The van der Waals surface area contributed by atoms with Crippen LogP contribution in [0.25, 0.3) is 0 Å². The quantitative estimate of drug-likeness (QED) is 0.611. The molecule has 0 spiro atoms. The van der Waals surface area contributed by atoms with E-state index >= 15 is 0 Å². The third-order valence-electron chi connectivity index (χ3n) is 2.12. The zero-order chi connectivity index (χ0) is 13.7. The van der Waals surface area contributed by atoms with Crippen molar-refractivity contribution in [2.24, 2.45) is 10.8 Å². The fraction of sp³-hybridized carbons (Fsp3) is 0.182. The highest BCUT2D eigenvalue weighted by molar-refractivity contribution is 5.83. The van der Waals surface area contributed by atoms with Gasteiger partial charge in [-0.05, 0) is 12.1 Å². The zero-order valence-electron chi connectivity index (χ0n) is 9.94. The molecule has 3 N–H and O–H groups in total. The summed E-state index contributed by atoms with van der Waals surface area (Å²) in [5, 5.41) is 12.4. The van der Waals surface area contributed by atoms with E-state index in [1.165, 1.54) is 6.07 Å². The van der Waals surface area contributed by atoms with Gasteiger partial charge in [0.15, 0.2) is 5.82 Å². The molecule has 0 saturated carbocycles. The molecule has 94 valence electrons. The van der Waals surface area contributed by atoms with Crippen LogP contribution in [0.1, 0.15) is 11.1 Å². The van der Waals surface area contributed by atoms with Gasteiger partial charge in [-0.3, -0.25) is 0 Å². The van der Waals surface area contributed by atoms with Crippen LogP contribution in [0.3, 0.4) is 0 Å². The number of amides is 2. The molecule has 0 bridgehead atoms. The first-order valence-corrected chi connectivity index (χ1v) is 4.95. The Morgan fingerprint density at radius 3 is 2.78 bits per heavy atom. The number of hydrogen-bond acceptors (Lipinski definition) is 4.